The number of rotatable bonds is 0. The largest absolute Gasteiger partial charge is 3.00 e. The van der Waals surface area contributed by atoms with E-state index in [0.29, 0.717) is 0 Å². The van der Waals surface area contributed by atoms with Gasteiger partial charge in [0.25, 0.3) is 0 Å². The average molecular weight is 590 g/mol. The Morgan fingerprint density at radius 1 is 0.290 bits per heavy atom. The van der Waals surface area contributed by atoms with Crippen LogP contribution in [-0.2, 0) is 32.7 Å². The van der Waals surface area contributed by atoms with Crippen molar-refractivity contribution in [2.24, 2.45) is 0 Å². The SMILES string of the molecule is [O-]C(C(F)(F)F)C(F)(F)F.[O-]C(C(F)(F)F)C(F)(F)F.[O-]C(C(F)(F)F)C(F)(F)F.[Y+3]. The van der Waals surface area contributed by atoms with Gasteiger partial charge >= 0.3 is 69.8 Å². The van der Waals surface area contributed by atoms with Crippen LogP contribution in [0.2, 0.25) is 0 Å². The minimum absolute atomic E-state index is 0. The third-order valence-corrected chi connectivity index (χ3v) is 1.78. The summed E-state index contributed by atoms with van der Waals surface area (Å²) in [5.74, 6) is 0. The monoisotopic (exact) mass is 590 g/mol. The van der Waals surface area contributed by atoms with Crippen LogP contribution in [0, 0.1) is 0 Å². The van der Waals surface area contributed by atoms with Crippen molar-refractivity contribution in [3.05, 3.63) is 0 Å². The van der Waals surface area contributed by atoms with E-state index in [4.69, 9.17) is 0 Å². The van der Waals surface area contributed by atoms with Crippen molar-refractivity contribution in [2.75, 3.05) is 0 Å². The predicted molar refractivity (Wildman–Crippen MR) is 47.7 cm³/mol. The molecule has 0 aromatic heterocycles. The summed E-state index contributed by atoms with van der Waals surface area (Å²) in [6, 6.07) is 0. The normalized spacial score (nSPS) is 13.9. The van der Waals surface area contributed by atoms with E-state index in [-0.39, 0.29) is 32.7 Å². The molecule has 0 radical (unpaired) electrons. The first-order chi connectivity index (χ1) is 12.5. The van der Waals surface area contributed by atoms with Crippen LogP contribution in [0.4, 0.5) is 79.0 Å². The molecule has 0 rings (SSSR count). The molecular formula is C9H3F18O3Y. The first-order valence-electron chi connectivity index (χ1n) is 5.84. The Hall–Kier alpha value is -0.276. The summed E-state index contributed by atoms with van der Waals surface area (Å²) < 4.78 is 196. The van der Waals surface area contributed by atoms with Gasteiger partial charge in [0, 0.05) is 0 Å². The van der Waals surface area contributed by atoms with Crippen molar-refractivity contribution >= 4 is 0 Å². The van der Waals surface area contributed by atoms with Gasteiger partial charge < -0.3 is 15.3 Å². The number of halogens is 18. The molecule has 0 N–H and O–H groups in total. The van der Waals surface area contributed by atoms with Crippen molar-refractivity contribution in [3.63, 3.8) is 0 Å². The molecule has 0 unspecified atom stereocenters. The summed E-state index contributed by atoms with van der Waals surface area (Å²) in [6.45, 7) is 0. The molecule has 0 amide bonds. The van der Waals surface area contributed by atoms with Crippen LogP contribution < -0.4 is 15.3 Å². The number of hydrogen-bond acceptors (Lipinski definition) is 3. The third-order valence-electron chi connectivity index (χ3n) is 1.78. The summed E-state index contributed by atoms with van der Waals surface area (Å²) in [5.41, 5.74) is 0. The zero-order valence-electron chi connectivity index (χ0n) is 13.3. The minimum atomic E-state index is -5.74. The molecule has 0 aliphatic carbocycles. The molecule has 186 valence electrons. The summed E-state index contributed by atoms with van der Waals surface area (Å²) in [6.07, 6.45) is -47.9. The Morgan fingerprint density at radius 3 is 0.355 bits per heavy atom. The standard InChI is InChI=1S/3C3HF6O.Y/c3*4-2(5,6)1(10)3(7,8)9;/h3*1H;/q3*-1;+3. The molecule has 0 spiro atoms. The fourth-order valence-electron chi connectivity index (χ4n) is 0.557. The molecule has 31 heavy (non-hydrogen) atoms. The van der Waals surface area contributed by atoms with Gasteiger partial charge in [-0.1, -0.05) is 0 Å². The molecule has 22 heteroatoms. The van der Waals surface area contributed by atoms with E-state index in [1.54, 1.807) is 0 Å². The van der Waals surface area contributed by atoms with E-state index in [0.717, 1.165) is 0 Å². The number of hydrogen-bond donors (Lipinski definition) is 0. The topological polar surface area (TPSA) is 69.2 Å². The van der Waals surface area contributed by atoms with Crippen molar-refractivity contribution in [1.82, 2.24) is 0 Å². The Labute approximate surface area is 182 Å². The zero-order valence-corrected chi connectivity index (χ0v) is 16.2. The molecule has 3 nitrogen and oxygen atoms in total. The summed E-state index contributed by atoms with van der Waals surface area (Å²) in [4.78, 5) is 0. The van der Waals surface area contributed by atoms with Crippen molar-refractivity contribution in [3.8, 4) is 0 Å². The first kappa shape index (κ1) is 38.0. The maximum atomic E-state index is 10.9. The van der Waals surface area contributed by atoms with Crippen LogP contribution in [0.5, 0.6) is 0 Å². The van der Waals surface area contributed by atoms with Crippen LogP contribution in [0.15, 0.2) is 0 Å². The summed E-state index contributed by atoms with van der Waals surface area (Å²) in [5, 5.41) is 28.0. The predicted octanol–water partition coefficient (Wildman–Crippen LogP) is 2.52. The van der Waals surface area contributed by atoms with Gasteiger partial charge in [-0.05, 0) is 0 Å². The van der Waals surface area contributed by atoms with Crippen LogP contribution in [0.25, 0.3) is 0 Å². The Morgan fingerprint density at radius 2 is 0.355 bits per heavy atom. The molecule has 0 bridgehead atoms. The molecule has 0 aromatic rings. The summed E-state index contributed by atoms with van der Waals surface area (Å²) >= 11 is 0. The zero-order chi connectivity index (χ0) is 25.7. The Bertz CT molecular complexity index is 369. The minimum Gasteiger partial charge on any atom is -0.839 e. The van der Waals surface area contributed by atoms with Gasteiger partial charge in [0.1, 0.15) is 0 Å². The van der Waals surface area contributed by atoms with Crippen LogP contribution in [0.1, 0.15) is 0 Å². The maximum absolute atomic E-state index is 10.9. The summed E-state index contributed by atoms with van der Waals surface area (Å²) in [7, 11) is 0. The molecule has 0 aromatic carbocycles. The Kier molecular flexibility index (Phi) is 15.0. The molecule has 0 saturated heterocycles. The van der Waals surface area contributed by atoms with Crippen molar-refractivity contribution < 1.29 is 127 Å². The second-order valence-corrected chi connectivity index (χ2v) is 4.39. The first-order valence-corrected chi connectivity index (χ1v) is 5.84. The van der Waals surface area contributed by atoms with E-state index in [9.17, 15) is 94.3 Å². The van der Waals surface area contributed by atoms with E-state index in [1.165, 1.54) is 0 Å². The molecule has 0 fully saturated rings. The van der Waals surface area contributed by atoms with Gasteiger partial charge in [0.05, 0.1) is 18.3 Å². The average Bonchev–Trinajstić information content (AvgIpc) is 2.40. The van der Waals surface area contributed by atoms with Gasteiger partial charge in [0.2, 0.25) is 0 Å². The molecule has 0 saturated carbocycles. The Balaban J connectivity index is -0.000000174. The third kappa shape index (κ3) is 17.9. The maximum Gasteiger partial charge on any atom is 3.00 e. The van der Waals surface area contributed by atoms with Gasteiger partial charge in [0.15, 0.2) is 0 Å². The number of alkyl halides is 18. The van der Waals surface area contributed by atoms with Crippen molar-refractivity contribution in [1.29, 1.82) is 0 Å². The molecule has 0 aliphatic heterocycles. The molecule has 0 aliphatic rings. The van der Waals surface area contributed by atoms with Gasteiger partial charge in [-0.3, -0.25) is 0 Å². The van der Waals surface area contributed by atoms with Crippen molar-refractivity contribution in [2.45, 2.75) is 55.4 Å². The van der Waals surface area contributed by atoms with E-state index >= 15 is 0 Å². The molecule has 0 atom stereocenters. The van der Waals surface area contributed by atoms with E-state index in [2.05, 4.69) is 0 Å². The van der Waals surface area contributed by atoms with Crippen LogP contribution in [-0.4, -0.2) is 55.4 Å². The molecule has 0 heterocycles. The van der Waals surface area contributed by atoms with E-state index < -0.39 is 55.4 Å². The second kappa shape index (κ2) is 12.3. The van der Waals surface area contributed by atoms with Gasteiger partial charge in [-0.2, -0.15) is 79.0 Å². The fraction of sp³-hybridized carbons (Fsp3) is 1.00. The van der Waals surface area contributed by atoms with Gasteiger partial charge in [-0.15, -0.1) is 0 Å². The van der Waals surface area contributed by atoms with Gasteiger partial charge in [-0.25, -0.2) is 0 Å². The van der Waals surface area contributed by atoms with Crippen LogP contribution in [0.3, 0.4) is 0 Å². The fourth-order valence-corrected chi connectivity index (χ4v) is 0.557. The quantitative estimate of drug-likeness (QED) is 0.408. The van der Waals surface area contributed by atoms with Crippen LogP contribution >= 0.6 is 0 Å². The smallest absolute Gasteiger partial charge is 0.839 e. The second-order valence-electron chi connectivity index (χ2n) is 4.39. The molecular weight excluding hydrogens is 587 g/mol. The van der Waals surface area contributed by atoms with E-state index in [1.807, 2.05) is 0 Å².